The van der Waals surface area contributed by atoms with E-state index in [4.69, 9.17) is 0 Å². The molecule has 0 spiro atoms. The number of carbonyl (C=O) groups is 1. The Morgan fingerprint density at radius 1 is 1.20 bits per heavy atom. The molecule has 2 aromatic carbocycles. The fourth-order valence-electron chi connectivity index (χ4n) is 1.53. The van der Waals surface area contributed by atoms with Crippen LogP contribution in [0, 0.1) is 19.5 Å². The molecular weight excluding hydrogens is 378 g/mol. The molecule has 0 aromatic heterocycles. The zero-order chi connectivity index (χ0) is 14.7. The van der Waals surface area contributed by atoms with E-state index in [9.17, 15) is 19.3 Å². The van der Waals surface area contributed by atoms with Gasteiger partial charge in [-0.25, -0.2) is 0 Å². The van der Waals surface area contributed by atoms with Crippen LogP contribution < -0.4 is 5.32 Å². The van der Waals surface area contributed by atoms with Gasteiger partial charge in [0.15, 0.2) is 0 Å². The van der Waals surface area contributed by atoms with E-state index in [1.165, 1.54) is 6.07 Å². The third-order valence-electron chi connectivity index (χ3n) is 2.51. The van der Waals surface area contributed by atoms with E-state index in [2.05, 4.69) is 27.9 Å². The highest BCUT2D eigenvalue weighted by Gasteiger charge is 2.15. The Bertz CT molecular complexity index is 674. The van der Waals surface area contributed by atoms with Gasteiger partial charge in [0.1, 0.15) is 0 Å². The van der Waals surface area contributed by atoms with E-state index >= 15 is 0 Å². The van der Waals surface area contributed by atoms with Gasteiger partial charge in [-0.1, -0.05) is 0 Å². The number of amides is 1. The fourth-order valence-corrected chi connectivity index (χ4v) is 1.89. The second kappa shape index (κ2) is 5.95. The number of hydrogen-bond donors (Lipinski definition) is 1. The van der Waals surface area contributed by atoms with Crippen molar-refractivity contribution in [3.05, 3.63) is 67.5 Å². The third-order valence-corrected chi connectivity index (χ3v) is 3.23. The molecule has 0 bridgehead atoms. The molecule has 0 saturated heterocycles. The first-order valence-electron chi connectivity index (χ1n) is 5.48. The minimum atomic E-state index is -0.942. The summed E-state index contributed by atoms with van der Waals surface area (Å²) in [6.45, 7) is 0. The van der Waals surface area contributed by atoms with Crippen LogP contribution in [0.15, 0.2) is 42.5 Å². The molecule has 5 nitrogen and oxygen atoms in total. The number of benzene rings is 2. The summed E-state index contributed by atoms with van der Waals surface area (Å²) in [4.78, 5) is 21.7. The summed E-state index contributed by atoms with van der Waals surface area (Å²) in [5, 5.41) is 13.1. The minimum absolute atomic E-state index is 0.168. The average Bonchev–Trinajstić information content (AvgIpc) is 2.41. The van der Waals surface area contributed by atoms with Crippen molar-refractivity contribution in [3.8, 4) is 0 Å². The second-order valence-corrected chi connectivity index (χ2v) is 5.13. The summed E-state index contributed by atoms with van der Waals surface area (Å²) in [6.07, 6.45) is 0. The van der Waals surface area contributed by atoms with Gasteiger partial charge in [-0.05, 0) is 59.0 Å². The van der Waals surface area contributed by atoms with Crippen LogP contribution >= 0.6 is 22.6 Å². The first kappa shape index (κ1) is 14.4. The molecule has 0 aliphatic rings. The van der Waals surface area contributed by atoms with Gasteiger partial charge in [-0.2, -0.15) is 4.39 Å². The van der Waals surface area contributed by atoms with Crippen LogP contribution in [0.5, 0.6) is 0 Å². The smallest absolute Gasteiger partial charge is 0.306 e. The largest absolute Gasteiger partial charge is 0.322 e. The van der Waals surface area contributed by atoms with Crippen molar-refractivity contribution in [2.45, 2.75) is 0 Å². The fraction of sp³-hybridized carbons (Fsp3) is 0. The van der Waals surface area contributed by atoms with Crippen molar-refractivity contribution in [1.82, 2.24) is 0 Å². The Hall–Kier alpha value is -2.03. The maximum Gasteiger partial charge on any atom is 0.306 e. The topological polar surface area (TPSA) is 72.2 Å². The van der Waals surface area contributed by atoms with Crippen molar-refractivity contribution >= 4 is 39.9 Å². The van der Waals surface area contributed by atoms with Crippen LogP contribution in [0.4, 0.5) is 15.8 Å². The van der Waals surface area contributed by atoms with E-state index in [1.807, 2.05) is 0 Å². The van der Waals surface area contributed by atoms with Gasteiger partial charge in [-0.15, -0.1) is 0 Å². The lowest BCUT2D eigenvalue weighted by Gasteiger charge is -2.05. The van der Waals surface area contributed by atoms with Crippen LogP contribution in [0.1, 0.15) is 10.4 Å². The number of nitrogens with zero attached hydrogens (tertiary/aromatic N) is 1. The Morgan fingerprint density at radius 2 is 1.85 bits per heavy atom. The van der Waals surface area contributed by atoms with Gasteiger partial charge in [0.25, 0.3) is 5.91 Å². The second-order valence-electron chi connectivity index (χ2n) is 3.88. The van der Waals surface area contributed by atoms with Gasteiger partial charge >= 0.3 is 5.69 Å². The summed E-state index contributed by atoms with van der Waals surface area (Å²) in [5.74, 6) is -1.36. The number of hydrogen-bond acceptors (Lipinski definition) is 3. The predicted octanol–water partition coefficient (Wildman–Crippen LogP) is 3.59. The summed E-state index contributed by atoms with van der Waals surface area (Å²) < 4.78 is 14.2. The minimum Gasteiger partial charge on any atom is -0.322 e. The number of halogens is 2. The van der Waals surface area contributed by atoms with Crippen molar-refractivity contribution in [3.63, 3.8) is 0 Å². The average molecular weight is 386 g/mol. The van der Waals surface area contributed by atoms with Crippen LogP contribution in [0.2, 0.25) is 0 Å². The van der Waals surface area contributed by atoms with E-state index in [0.29, 0.717) is 5.56 Å². The molecule has 2 aromatic rings. The quantitative estimate of drug-likeness (QED) is 0.498. The molecule has 0 fully saturated rings. The molecule has 1 N–H and O–H groups in total. The lowest BCUT2D eigenvalue weighted by molar-refractivity contribution is -0.387. The molecule has 2 rings (SSSR count). The highest BCUT2D eigenvalue weighted by Crippen LogP contribution is 2.22. The van der Waals surface area contributed by atoms with Crippen molar-refractivity contribution in [2.75, 3.05) is 5.32 Å². The molecule has 0 aliphatic heterocycles. The van der Waals surface area contributed by atoms with Gasteiger partial charge in [0.2, 0.25) is 5.82 Å². The molecule has 20 heavy (non-hydrogen) atoms. The van der Waals surface area contributed by atoms with Crippen LogP contribution in [0.25, 0.3) is 0 Å². The molecule has 0 unspecified atom stereocenters. The zero-order valence-corrected chi connectivity index (χ0v) is 12.1. The summed E-state index contributed by atoms with van der Waals surface area (Å²) in [5.41, 5.74) is -0.0931. The van der Waals surface area contributed by atoms with E-state index in [-0.39, 0.29) is 5.69 Å². The van der Waals surface area contributed by atoms with Crippen molar-refractivity contribution in [1.29, 1.82) is 0 Å². The van der Waals surface area contributed by atoms with Gasteiger partial charge in [0, 0.05) is 20.9 Å². The number of nitro benzene ring substituents is 1. The number of nitro groups is 1. The first-order chi connectivity index (χ1) is 9.47. The van der Waals surface area contributed by atoms with E-state index < -0.39 is 22.3 Å². The first-order valence-corrected chi connectivity index (χ1v) is 6.56. The number of rotatable bonds is 3. The van der Waals surface area contributed by atoms with Gasteiger partial charge in [0.05, 0.1) is 4.92 Å². The molecule has 102 valence electrons. The van der Waals surface area contributed by atoms with Crippen LogP contribution in [0.3, 0.4) is 0 Å². The summed E-state index contributed by atoms with van der Waals surface area (Å²) in [6, 6.07) is 10.0. The van der Waals surface area contributed by atoms with E-state index in [0.717, 1.165) is 15.7 Å². The highest BCUT2D eigenvalue weighted by atomic mass is 127. The molecule has 7 heteroatoms. The number of nitrogens with one attached hydrogen (secondary N) is 1. The zero-order valence-electron chi connectivity index (χ0n) is 9.97. The van der Waals surface area contributed by atoms with Crippen LogP contribution in [-0.4, -0.2) is 10.8 Å². The summed E-state index contributed by atoms with van der Waals surface area (Å²) >= 11 is 2.11. The molecule has 0 saturated carbocycles. The Morgan fingerprint density at radius 3 is 2.45 bits per heavy atom. The SMILES string of the molecule is O=C(Nc1ccc(F)c([N+](=O)[O-])c1)c1ccc(I)cc1. The van der Waals surface area contributed by atoms with E-state index in [1.54, 1.807) is 24.3 Å². The molecule has 0 radical (unpaired) electrons. The van der Waals surface area contributed by atoms with Crippen molar-refractivity contribution in [2.24, 2.45) is 0 Å². The molecule has 0 atom stereocenters. The predicted molar refractivity (Wildman–Crippen MR) is 80.2 cm³/mol. The summed E-state index contributed by atoms with van der Waals surface area (Å²) in [7, 11) is 0. The molecule has 1 amide bonds. The standard InChI is InChI=1S/C13H8FIN2O3/c14-11-6-5-10(7-12(11)17(19)20)16-13(18)8-1-3-9(15)4-2-8/h1-7H,(H,16,18). The van der Waals surface area contributed by atoms with Gasteiger partial charge < -0.3 is 5.32 Å². The number of anilines is 1. The number of carbonyl (C=O) groups excluding carboxylic acids is 1. The Kier molecular flexibility index (Phi) is 4.28. The molecule has 0 aliphatic carbocycles. The van der Waals surface area contributed by atoms with Gasteiger partial charge in [-0.3, -0.25) is 14.9 Å². The van der Waals surface area contributed by atoms with Crippen molar-refractivity contribution < 1.29 is 14.1 Å². The van der Waals surface area contributed by atoms with Crippen LogP contribution in [-0.2, 0) is 0 Å². The lowest BCUT2D eigenvalue weighted by atomic mass is 10.2. The monoisotopic (exact) mass is 386 g/mol. The molecule has 0 heterocycles. The lowest BCUT2D eigenvalue weighted by Crippen LogP contribution is -2.12. The maximum absolute atomic E-state index is 13.2. The Balaban J connectivity index is 2.21. The molecular formula is C13H8FIN2O3. The highest BCUT2D eigenvalue weighted by molar-refractivity contribution is 14.1. The normalized spacial score (nSPS) is 10.1. The Labute approximate surface area is 127 Å². The third kappa shape index (κ3) is 3.29. The maximum atomic E-state index is 13.2.